The number of hydrogen-bond donors (Lipinski definition) is 1. The minimum atomic E-state index is 0.607. The third kappa shape index (κ3) is 3.41. The van der Waals surface area contributed by atoms with Crippen molar-refractivity contribution < 1.29 is 0 Å². The average molecular weight is 293 g/mol. The summed E-state index contributed by atoms with van der Waals surface area (Å²) in [6, 6.07) is 1.33. The van der Waals surface area contributed by atoms with Gasteiger partial charge in [-0.1, -0.05) is 19.3 Å². The van der Waals surface area contributed by atoms with Crippen molar-refractivity contribution in [3.63, 3.8) is 0 Å². The van der Waals surface area contributed by atoms with E-state index in [9.17, 15) is 0 Å². The first-order valence-corrected chi connectivity index (χ1v) is 8.99. The number of thiazole rings is 1. The lowest BCUT2D eigenvalue weighted by Gasteiger charge is -2.44. The zero-order valence-corrected chi connectivity index (χ0v) is 13.6. The normalized spacial score (nSPS) is 29.7. The van der Waals surface area contributed by atoms with Crippen LogP contribution in [0.1, 0.15) is 49.7 Å². The molecule has 4 heteroatoms. The molecular weight excluding hydrogens is 266 g/mol. The van der Waals surface area contributed by atoms with Gasteiger partial charge in [-0.2, -0.15) is 0 Å². The molecule has 1 aromatic heterocycles. The van der Waals surface area contributed by atoms with Crippen LogP contribution in [0, 0.1) is 12.8 Å². The van der Waals surface area contributed by atoms with Gasteiger partial charge in [-0.3, -0.25) is 4.90 Å². The molecule has 2 atom stereocenters. The molecule has 0 aromatic carbocycles. The van der Waals surface area contributed by atoms with Crippen molar-refractivity contribution in [2.45, 2.75) is 64.6 Å². The zero-order valence-electron chi connectivity index (χ0n) is 12.8. The Morgan fingerprint density at radius 1 is 1.35 bits per heavy atom. The fourth-order valence-electron chi connectivity index (χ4n) is 3.82. The standard InChI is InChI=1S/C16H27N3S/c1-12-9-19(10-16-18-13(2)11-20-16)15(8-17-12)14-6-4-3-5-7-14/h11-12,14-15,17H,3-10H2,1-2H3. The average Bonchev–Trinajstić information content (AvgIpc) is 2.85. The highest BCUT2D eigenvalue weighted by Gasteiger charge is 2.33. The SMILES string of the molecule is Cc1csc(CN2CC(C)NCC2C2CCCCC2)n1. The monoisotopic (exact) mass is 293 g/mol. The number of nitrogens with one attached hydrogen (secondary N) is 1. The third-order valence-corrected chi connectivity index (χ3v) is 5.80. The largest absolute Gasteiger partial charge is 0.311 e. The van der Waals surface area contributed by atoms with Crippen LogP contribution in [0.3, 0.4) is 0 Å². The number of aromatic nitrogens is 1. The predicted molar refractivity (Wildman–Crippen MR) is 85.1 cm³/mol. The van der Waals surface area contributed by atoms with Gasteiger partial charge in [0.1, 0.15) is 5.01 Å². The lowest BCUT2D eigenvalue weighted by Crippen LogP contribution is -2.57. The van der Waals surface area contributed by atoms with Crippen molar-refractivity contribution in [3.8, 4) is 0 Å². The van der Waals surface area contributed by atoms with Crippen LogP contribution >= 0.6 is 11.3 Å². The second-order valence-electron chi connectivity index (χ2n) is 6.59. The first-order chi connectivity index (χ1) is 9.72. The van der Waals surface area contributed by atoms with Crippen LogP contribution in [0.4, 0.5) is 0 Å². The maximum Gasteiger partial charge on any atom is 0.107 e. The van der Waals surface area contributed by atoms with Crippen LogP contribution < -0.4 is 5.32 Å². The Morgan fingerprint density at radius 3 is 2.85 bits per heavy atom. The van der Waals surface area contributed by atoms with E-state index in [1.807, 2.05) is 11.3 Å². The highest BCUT2D eigenvalue weighted by atomic mass is 32.1. The van der Waals surface area contributed by atoms with E-state index in [0.29, 0.717) is 6.04 Å². The van der Waals surface area contributed by atoms with E-state index < -0.39 is 0 Å². The molecule has 0 amide bonds. The molecule has 20 heavy (non-hydrogen) atoms. The molecule has 1 N–H and O–H groups in total. The number of piperazine rings is 1. The van der Waals surface area contributed by atoms with Crippen LogP contribution in [-0.2, 0) is 6.54 Å². The van der Waals surface area contributed by atoms with E-state index in [-0.39, 0.29) is 0 Å². The highest BCUT2D eigenvalue weighted by molar-refractivity contribution is 7.09. The van der Waals surface area contributed by atoms with Crippen LogP contribution in [0.25, 0.3) is 0 Å². The summed E-state index contributed by atoms with van der Waals surface area (Å²) in [4.78, 5) is 7.37. The molecule has 1 aliphatic heterocycles. The molecule has 1 saturated heterocycles. The summed E-state index contributed by atoms with van der Waals surface area (Å²) in [7, 11) is 0. The van der Waals surface area contributed by atoms with Crippen molar-refractivity contribution in [2.24, 2.45) is 5.92 Å². The van der Waals surface area contributed by atoms with Gasteiger partial charge in [0.2, 0.25) is 0 Å². The topological polar surface area (TPSA) is 28.2 Å². The summed E-state index contributed by atoms with van der Waals surface area (Å²) < 4.78 is 0. The van der Waals surface area contributed by atoms with Crippen LogP contribution in [0.15, 0.2) is 5.38 Å². The second-order valence-corrected chi connectivity index (χ2v) is 7.53. The van der Waals surface area contributed by atoms with Gasteiger partial charge in [0.25, 0.3) is 0 Å². The number of aryl methyl sites for hydroxylation is 1. The van der Waals surface area contributed by atoms with E-state index in [0.717, 1.165) is 25.0 Å². The van der Waals surface area contributed by atoms with Gasteiger partial charge >= 0.3 is 0 Å². The molecule has 2 unspecified atom stereocenters. The van der Waals surface area contributed by atoms with E-state index in [2.05, 4.69) is 34.4 Å². The van der Waals surface area contributed by atoms with Crippen LogP contribution in [-0.4, -0.2) is 35.1 Å². The Hall–Kier alpha value is -0.450. The summed E-state index contributed by atoms with van der Waals surface area (Å²) >= 11 is 1.82. The zero-order chi connectivity index (χ0) is 13.9. The van der Waals surface area contributed by atoms with Crippen molar-refractivity contribution >= 4 is 11.3 Å². The summed E-state index contributed by atoms with van der Waals surface area (Å²) in [5.41, 5.74) is 1.17. The van der Waals surface area contributed by atoms with Gasteiger partial charge < -0.3 is 5.32 Å². The fourth-order valence-corrected chi connectivity index (χ4v) is 4.61. The van der Waals surface area contributed by atoms with Crippen molar-refractivity contribution in [3.05, 3.63) is 16.1 Å². The molecule has 2 heterocycles. The molecule has 0 bridgehead atoms. The first-order valence-electron chi connectivity index (χ1n) is 8.11. The lowest BCUT2D eigenvalue weighted by atomic mass is 9.82. The molecule has 0 spiro atoms. The Labute approximate surface area is 126 Å². The second kappa shape index (κ2) is 6.54. The van der Waals surface area contributed by atoms with Crippen molar-refractivity contribution in [1.82, 2.24) is 15.2 Å². The summed E-state index contributed by atoms with van der Waals surface area (Å²) in [5, 5.41) is 7.16. The van der Waals surface area contributed by atoms with Gasteiger partial charge in [-0.05, 0) is 32.6 Å². The lowest BCUT2D eigenvalue weighted by molar-refractivity contribution is 0.0688. The Kier molecular flexibility index (Phi) is 4.74. The molecule has 0 radical (unpaired) electrons. The maximum atomic E-state index is 4.67. The van der Waals surface area contributed by atoms with E-state index in [1.54, 1.807) is 0 Å². The minimum Gasteiger partial charge on any atom is -0.311 e. The summed E-state index contributed by atoms with van der Waals surface area (Å²) in [6.45, 7) is 7.78. The van der Waals surface area contributed by atoms with Gasteiger partial charge in [0, 0.05) is 36.2 Å². The fraction of sp³-hybridized carbons (Fsp3) is 0.812. The Morgan fingerprint density at radius 2 is 2.15 bits per heavy atom. The molecule has 2 aliphatic rings. The maximum absolute atomic E-state index is 4.67. The van der Waals surface area contributed by atoms with E-state index >= 15 is 0 Å². The van der Waals surface area contributed by atoms with Gasteiger partial charge in [0.05, 0.1) is 6.54 Å². The van der Waals surface area contributed by atoms with Gasteiger partial charge in [-0.25, -0.2) is 4.98 Å². The summed E-state index contributed by atoms with van der Waals surface area (Å²) in [5.74, 6) is 0.893. The third-order valence-electron chi connectivity index (χ3n) is 4.85. The highest BCUT2D eigenvalue weighted by Crippen LogP contribution is 2.31. The van der Waals surface area contributed by atoms with Crippen molar-refractivity contribution in [1.29, 1.82) is 0 Å². The molecule has 3 rings (SSSR count). The number of hydrogen-bond acceptors (Lipinski definition) is 4. The molecular formula is C16H27N3S. The Balaban J connectivity index is 1.69. The first kappa shape index (κ1) is 14.5. The molecule has 1 aromatic rings. The van der Waals surface area contributed by atoms with Crippen molar-refractivity contribution in [2.75, 3.05) is 13.1 Å². The minimum absolute atomic E-state index is 0.607. The number of rotatable bonds is 3. The van der Waals surface area contributed by atoms with Crippen LogP contribution in [0.2, 0.25) is 0 Å². The Bertz CT molecular complexity index is 425. The smallest absolute Gasteiger partial charge is 0.107 e. The molecule has 1 saturated carbocycles. The molecule has 1 aliphatic carbocycles. The van der Waals surface area contributed by atoms with E-state index in [4.69, 9.17) is 0 Å². The predicted octanol–water partition coefficient (Wildman–Crippen LogP) is 3.19. The molecule has 112 valence electrons. The molecule has 2 fully saturated rings. The molecule has 3 nitrogen and oxygen atoms in total. The number of nitrogens with zero attached hydrogens (tertiary/aromatic N) is 2. The van der Waals surface area contributed by atoms with Gasteiger partial charge in [-0.15, -0.1) is 11.3 Å². The quantitative estimate of drug-likeness (QED) is 0.927. The van der Waals surface area contributed by atoms with Crippen LogP contribution in [0.5, 0.6) is 0 Å². The summed E-state index contributed by atoms with van der Waals surface area (Å²) in [6.07, 6.45) is 7.16. The van der Waals surface area contributed by atoms with Gasteiger partial charge in [0.15, 0.2) is 0 Å². The van der Waals surface area contributed by atoms with E-state index in [1.165, 1.54) is 49.4 Å².